The van der Waals surface area contributed by atoms with Crippen LogP contribution >= 0.6 is 0 Å². The minimum absolute atomic E-state index is 0.0579. The zero-order chi connectivity index (χ0) is 14.1. The molecule has 0 radical (unpaired) electrons. The van der Waals surface area contributed by atoms with Gasteiger partial charge in [-0.1, -0.05) is 0 Å². The van der Waals surface area contributed by atoms with Gasteiger partial charge in [0.2, 0.25) is 5.91 Å². The van der Waals surface area contributed by atoms with Crippen molar-refractivity contribution in [3.63, 3.8) is 0 Å². The number of carboxylic acids is 1. The molecular formula is C13H18N4O3. The van der Waals surface area contributed by atoms with Gasteiger partial charge in [0.05, 0.1) is 29.7 Å². The van der Waals surface area contributed by atoms with Crippen LogP contribution in [-0.4, -0.2) is 51.0 Å². The predicted octanol–water partition coefficient (Wildman–Crippen LogP) is -0.253. The molecule has 0 bridgehead atoms. The third-order valence-electron chi connectivity index (χ3n) is 4.18. The highest BCUT2D eigenvalue weighted by Gasteiger charge is 2.32. The molecular weight excluding hydrogens is 260 g/mol. The summed E-state index contributed by atoms with van der Waals surface area (Å²) in [6, 6.07) is -0.243. The molecule has 0 aromatic carbocycles. The van der Waals surface area contributed by atoms with Gasteiger partial charge in [0.1, 0.15) is 0 Å². The Labute approximate surface area is 116 Å². The van der Waals surface area contributed by atoms with E-state index in [1.54, 1.807) is 11.2 Å². The van der Waals surface area contributed by atoms with Gasteiger partial charge in [0, 0.05) is 26.1 Å². The minimum Gasteiger partial charge on any atom is -0.481 e. The van der Waals surface area contributed by atoms with E-state index in [1.807, 2.05) is 0 Å². The number of aromatic amines is 1. The monoisotopic (exact) mass is 278 g/mol. The maximum Gasteiger partial charge on any atom is 0.306 e. The summed E-state index contributed by atoms with van der Waals surface area (Å²) in [6.07, 6.45) is 3.33. The van der Waals surface area contributed by atoms with Crippen molar-refractivity contribution in [1.29, 1.82) is 0 Å². The number of fused-ring (bicyclic) bond motifs is 1. The average Bonchev–Trinajstić information content (AvgIpc) is 2.94. The van der Waals surface area contributed by atoms with Crippen molar-refractivity contribution < 1.29 is 14.7 Å². The Balaban J connectivity index is 1.59. The fourth-order valence-electron chi connectivity index (χ4n) is 2.91. The van der Waals surface area contributed by atoms with Crippen molar-refractivity contribution in [3.8, 4) is 0 Å². The first-order valence-electron chi connectivity index (χ1n) is 6.91. The first-order chi connectivity index (χ1) is 9.65. The van der Waals surface area contributed by atoms with Crippen LogP contribution in [0.2, 0.25) is 0 Å². The number of nitrogens with zero attached hydrogens (tertiary/aromatic N) is 2. The van der Waals surface area contributed by atoms with Gasteiger partial charge >= 0.3 is 5.97 Å². The second kappa shape index (κ2) is 5.24. The van der Waals surface area contributed by atoms with Crippen LogP contribution in [0.25, 0.3) is 0 Å². The molecule has 1 aromatic heterocycles. The van der Waals surface area contributed by atoms with Gasteiger partial charge in [-0.3, -0.25) is 14.9 Å². The van der Waals surface area contributed by atoms with Crippen LogP contribution in [0.15, 0.2) is 6.33 Å². The second-order valence-corrected chi connectivity index (χ2v) is 5.40. The average molecular weight is 278 g/mol. The first-order valence-corrected chi connectivity index (χ1v) is 6.91. The van der Waals surface area contributed by atoms with Crippen molar-refractivity contribution in [2.45, 2.75) is 31.8 Å². The van der Waals surface area contributed by atoms with Crippen molar-refractivity contribution in [2.75, 3.05) is 13.1 Å². The number of carbonyl (C=O) groups is 2. The molecule has 0 aliphatic carbocycles. The number of nitrogens with one attached hydrogen (secondary N) is 2. The number of imidazole rings is 1. The van der Waals surface area contributed by atoms with Crippen molar-refractivity contribution in [2.24, 2.45) is 5.92 Å². The van der Waals surface area contributed by atoms with Crippen molar-refractivity contribution >= 4 is 11.9 Å². The van der Waals surface area contributed by atoms with Gasteiger partial charge in [0.25, 0.3) is 0 Å². The SMILES string of the molecule is O=C(O)C1CCN(C(=O)C2Cc3nc[nH]c3CN2)CC1. The number of H-pyrrole nitrogens is 1. The largest absolute Gasteiger partial charge is 0.481 e. The maximum atomic E-state index is 12.4. The molecule has 1 amide bonds. The highest BCUT2D eigenvalue weighted by atomic mass is 16.4. The van der Waals surface area contributed by atoms with Crippen LogP contribution in [0.1, 0.15) is 24.2 Å². The van der Waals surface area contributed by atoms with E-state index in [9.17, 15) is 9.59 Å². The molecule has 7 heteroatoms. The molecule has 3 rings (SSSR count). The van der Waals surface area contributed by atoms with E-state index in [2.05, 4.69) is 15.3 Å². The number of carbonyl (C=O) groups excluding carboxylic acids is 1. The summed E-state index contributed by atoms with van der Waals surface area (Å²) >= 11 is 0. The summed E-state index contributed by atoms with van der Waals surface area (Å²) in [5.41, 5.74) is 1.99. The molecule has 20 heavy (non-hydrogen) atoms. The fourth-order valence-corrected chi connectivity index (χ4v) is 2.91. The molecule has 1 atom stereocenters. The number of hydrogen-bond donors (Lipinski definition) is 3. The lowest BCUT2D eigenvalue weighted by molar-refractivity contribution is -0.146. The van der Waals surface area contributed by atoms with Crippen LogP contribution in [0.3, 0.4) is 0 Å². The molecule has 2 aliphatic heterocycles. The van der Waals surface area contributed by atoms with Crippen molar-refractivity contribution in [3.05, 3.63) is 17.7 Å². The van der Waals surface area contributed by atoms with Crippen LogP contribution < -0.4 is 5.32 Å². The minimum atomic E-state index is -0.756. The summed E-state index contributed by atoms with van der Waals surface area (Å²) in [6.45, 7) is 1.68. The zero-order valence-electron chi connectivity index (χ0n) is 11.1. The van der Waals surface area contributed by atoms with E-state index in [4.69, 9.17) is 5.11 Å². The van der Waals surface area contributed by atoms with Crippen LogP contribution in [0.4, 0.5) is 0 Å². The molecule has 1 aromatic rings. The molecule has 1 unspecified atom stereocenters. The third kappa shape index (κ3) is 2.40. The summed E-state index contributed by atoms with van der Waals surface area (Å²) in [5.74, 6) is -1.01. The quantitative estimate of drug-likeness (QED) is 0.693. The molecule has 0 spiro atoms. The van der Waals surface area contributed by atoms with Gasteiger partial charge in [0.15, 0.2) is 0 Å². The lowest BCUT2D eigenvalue weighted by Crippen LogP contribution is -2.51. The smallest absolute Gasteiger partial charge is 0.306 e. The first kappa shape index (κ1) is 13.1. The number of amides is 1. The Morgan fingerprint density at radius 3 is 2.80 bits per heavy atom. The summed E-state index contributed by atoms with van der Waals surface area (Å²) in [5, 5.41) is 12.2. The lowest BCUT2D eigenvalue weighted by Gasteiger charge is -2.34. The molecule has 3 heterocycles. The van der Waals surface area contributed by atoms with Crippen LogP contribution in [0.5, 0.6) is 0 Å². The molecule has 3 N–H and O–H groups in total. The van der Waals surface area contributed by atoms with Crippen LogP contribution in [-0.2, 0) is 22.6 Å². The molecule has 7 nitrogen and oxygen atoms in total. The number of likely N-dealkylation sites (tertiary alicyclic amines) is 1. The second-order valence-electron chi connectivity index (χ2n) is 5.40. The van der Waals surface area contributed by atoms with Crippen molar-refractivity contribution in [1.82, 2.24) is 20.2 Å². The highest BCUT2D eigenvalue weighted by molar-refractivity contribution is 5.83. The van der Waals surface area contributed by atoms with E-state index in [0.717, 1.165) is 11.4 Å². The number of carboxylic acid groups (broad SMARTS) is 1. The van der Waals surface area contributed by atoms with E-state index in [0.29, 0.717) is 38.9 Å². The number of hydrogen-bond acceptors (Lipinski definition) is 4. The van der Waals surface area contributed by atoms with E-state index < -0.39 is 5.97 Å². The zero-order valence-corrected chi connectivity index (χ0v) is 11.1. The molecule has 1 saturated heterocycles. The topological polar surface area (TPSA) is 98.3 Å². The Bertz CT molecular complexity index is 519. The predicted molar refractivity (Wildman–Crippen MR) is 69.9 cm³/mol. The number of aromatic nitrogens is 2. The summed E-state index contributed by atoms with van der Waals surface area (Å²) in [7, 11) is 0. The Hall–Kier alpha value is -1.89. The molecule has 0 saturated carbocycles. The van der Waals surface area contributed by atoms with E-state index >= 15 is 0 Å². The lowest BCUT2D eigenvalue weighted by atomic mass is 9.95. The summed E-state index contributed by atoms with van der Waals surface area (Å²) < 4.78 is 0. The van der Waals surface area contributed by atoms with Gasteiger partial charge in [-0.25, -0.2) is 4.98 Å². The molecule has 1 fully saturated rings. The fraction of sp³-hybridized carbons (Fsp3) is 0.615. The maximum absolute atomic E-state index is 12.4. The van der Waals surface area contributed by atoms with Gasteiger partial charge in [-0.15, -0.1) is 0 Å². The molecule has 2 aliphatic rings. The number of piperidine rings is 1. The van der Waals surface area contributed by atoms with Gasteiger partial charge < -0.3 is 15.0 Å². The number of aliphatic carboxylic acids is 1. The Morgan fingerprint density at radius 1 is 1.35 bits per heavy atom. The number of rotatable bonds is 2. The van der Waals surface area contributed by atoms with E-state index in [-0.39, 0.29) is 17.9 Å². The third-order valence-corrected chi connectivity index (χ3v) is 4.18. The van der Waals surface area contributed by atoms with Gasteiger partial charge in [-0.05, 0) is 12.8 Å². The summed E-state index contributed by atoms with van der Waals surface area (Å²) in [4.78, 5) is 32.4. The van der Waals surface area contributed by atoms with Crippen LogP contribution in [0, 0.1) is 5.92 Å². The highest BCUT2D eigenvalue weighted by Crippen LogP contribution is 2.20. The standard InChI is InChI=1S/C13H18N4O3/c18-12(17-3-1-8(2-4-17)13(19)20)10-5-9-11(6-14-10)16-7-15-9/h7-8,10,14H,1-6H2,(H,15,16)(H,19,20). The Morgan fingerprint density at radius 2 is 2.10 bits per heavy atom. The van der Waals surface area contributed by atoms with E-state index in [1.165, 1.54) is 0 Å². The Kier molecular flexibility index (Phi) is 3.43. The normalized spacial score (nSPS) is 23.4. The molecule has 108 valence electrons. The van der Waals surface area contributed by atoms with Gasteiger partial charge in [-0.2, -0.15) is 0 Å².